The van der Waals surface area contributed by atoms with E-state index in [9.17, 15) is 19.2 Å². The van der Waals surface area contributed by atoms with E-state index in [1.165, 1.54) is 12.1 Å². The minimum Gasteiger partial charge on any atom is -0.460 e. The van der Waals surface area contributed by atoms with Crippen molar-refractivity contribution >= 4 is 23.8 Å². The number of hydrogen-bond acceptors (Lipinski definition) is 6. The van der Waals surface area contributed by atoms with Crippen LogP contribution in [-0.4, -0.2) is 45.9 Å². The lowest BCUT2D eigenvalue weighted by molar-refractivity contribution is -0.161. The molecular weight excluding hydrogens is 362 g/mol. The molecule has 0 saturated carbocycles. The second-order valence-electron chi connectivity index (χ2n) is 8.70. The van der Waals surface area contributed by atoms with E-state index in [-0.39, 0.29) is 24.0 Å². The number of rotatable bonds is 5. The van der Waals surface area contributed by atoms with E-state index in [0.29, 0.717) is 0 Å². The van der Waals surface area contributed by atoms with Crippen molar-refractivity contribution in [2.24, 2.45) is 0 Å². The average molecular weight is 389 g/mol. The zero-order valence-electron chi connectivity index (χ0n) is 17.2. The standard InChI is InChI=1S/C21H27NO6/c1-20(2,3)27-16(23)12-11-15(19(26)28-21(4,5)6)22-17(24)13-9-7-8-10-14(13)18(22)25/h7-10,15H,11-12H2,1-6H3. The summed E-state index contributed by atoms with van der Waals surface area (Å²) in [6.45, 7) is 10.3. The Hall–Kier alpha value is -2.70. The van der Waals surface area contributed by atoms with Gasteiger partial charge in [-0.15, -0.1) is 0 Å². The molecule has 1 unspecified atom stereocenters. The number of ether oxygens (including phenoxy) is 2. The first-order valence-corrected chi connectivity index (χ1v) is 9.22. The van der Waals surface area contributed by atoms with Crippen LogP contribution in [0.4, 0.5) is 0 Å². The summed E-state index contributed by atoms with van der Waals surface area (Å²) in [5, 5.41) is 0. The lowest BCUT2D eigenvalue weighted by Crippen LogP contribution is -2.47. The van der Waals surface area contributed by atoms with Crippen molar-refractivity contribution in [3.05, 3.63) is 35.4 Å². The van der Waals surface area contributed by atoms with E-state index >= 15 is 0 Å². The number of benzene rings is 1. The van der Waals surface area contributed by atoms with E-state index < -0.39 is 41.0 Å². The number of fused-ring (bicyclic) bond motifs is 1. The summed E-state index contributed by atoms with van der Waals surface area (Å²) in [4.78, 5) is 51.3. The van der Waals surface area contributed by atoms with Gasteiger partial charge in [0, 0.05) is 6.42 Å². The summed E-state index contributed by atoms with van der Waals surface area (Å²) >= 11 is 0. The van der Waals surface area contributed by atoms with Crippen molar-refractivity contribution in [2.75, 3.05) is 0 Å². The third-order valence-electron chi connectivity index (χ3n) is 3.86. The van der Waals surface area contributed by atoms with Gasteiger partial charge in [0.15, 0.2) is 0 Å². The predicted molar refractivity (Wildman–Crippen MR) is 102 cm³/mol. The van der Waals surface area contributed by atoms with Gasteiger partial charge in [-0.05, 0) is 60.1 Å². The molecule has 0 aromatic heterocycles. The van der Waals surface area contributed by atoms with Crippen LogP contribution in [0.2, 0.25) is 0 Å². The van der Waals surface area contributed by atoms with Gasteiger partial charge >= 0.3 is 11.9 Å². The van der Waals surface area contributed by atoms with Crippen LogP contribution >= 0.6 is 0 Å². The zero-order chi connectivity index (χ0) is 21.3. The Morgan fingerprint density at radius 1 is 0.893 bits per heavy atom. The molecule has 1 atom stereocenters. The van der Waals surface area contributed by atoms with Crippen molar-refractivity contribution in [3.8, 4) is 0 Å². The largest absolute Gasteiger partial charge is 0.460 e. The van der Waals surface area contributed by atoms with Crippen LogP contribution in [0.5, 0.6) is 0 Å². The summed E-state index contributed by atoms with van der Waals surface area (Å²) in [5.41, 5.74) is -1.01. The molecule has 2 rings (SSSR count). The van der Waals surface area contributed by atoms with Crippen LogP contribution in [0.25, 0.3) is 0 Å². The highest BCUT2D eigenvalue weighted by molar-refractivity contribution is 6.22. The number of hydrogen-bond donors (Lipinski definition) is 0. The second kappa shape index (κ2) is 7.73. The molecule has 0 aliphatic carbocycles. The first-order valence-electron chi connectivity index (χ1n) is 9.22. The minimum absolute atomic E-state index is 0.0741. The Morgan fingerprint density at radius 2 is 1.36 bits per heavy atom. The van der Waals surface area contributed by atoms with E-state index in [4.69, 9.17) is 9.47 Å². The Bertz CT molecular complexity index is 765. The zero-order valence-corrected chi connectivity index (χ0v) is 17.2. The molecule has 0 spiro atoms. The van der Waals surface area contributed by atoms with Gasteiger partial charge in [0.25, 0.3) is 11.8 Å². The monoisotopic (exact) mass is 389 g/mol. The summed E-state index contributed by atoms with van der Waals surface area (Å²) in [7, 11) is 0. The normalized spacial score (nSPS) is 15.3. The molecule has 2 amide bonds. The summed E-state index contributed by atoms with van der Waals surface area (Å²) in [5.74, 6) is -2.38. The van der Waals surface area contributed by atoms with E-state index in [1.807, 2.05) is 0 Å². The third-order valence-corrected chi connectivity index (χ3v) is 3.86. The summed E-state index contributed by atoms with van der Waals surface area (Å²) in [6.07, 6.45) is -0.204. The highest BCUT2D eigenvalue weighted by Gasteiger charge is 2.44. The quantitative estimate of drug-likeness (QED) is 0.568. The van der Waals surface area contributed by atoms with Gasteiger partial charge in [0.05, 0.1) is 11.1 Å². The number of esters is 2. The van der Waals surface area contributed by atoms with Crippen LogP contribution < -0.4 is 0 Å². The van der Waals surface area contributed by atoms with Crippen molar-refractivity contribution in [3.63, 3.8) is 0 Å². The number of amides is 2. The molecule has 0 fully saturated rings. The number of carbonyl (C=O) groups excluding carboxylic acids is 4. The van der Waals surface area contributed by atoms with Crippen LogP contribution in [0.3, 0.4) is 0 Å². The predicted octanol–water partition coefficient (Wildman–Crippen LogP) is 3.11. The Labute approximate surface area is 165 Å². The SMILES string of the molecule is CC(C)(C)OC(=O)CCC(C(=O)OC(C)(C)C)N1C(=O)c2ccccc2C1=O. The molecule has 1 aromatic carbocycles. The smallest absolute Gasteiger partial charge is 0.329 e. The molecule has 0 N–H and O–H groups in total. The molecular formula is C21H27NO6. The Balaban J connectivity index is 2.27. The highest BCUT2D eigenvalue weighted by Crippen LogP contribution is 2.27. The number of nitrogens with zero attached hydrogens (tertiary/aromatic N) is 1. The van der Waals surface area contributed by atoms with E-state index in [2.05, 4.69) is 0 Å². The average Bonchev–Trinajstić information content (AvgIpc) is 2.77. The maximum absolute atomic E-state index is 12.8. The van der Waals surface area contributed by atoms with Gasteiger partial charge in [0.1, 0.15) is 17.2 Å². The van der Waals surface area contributed by atoms with Gasteiger partial charge < -0.3 is 9.47 Å². The molecule has 28 heavy (non-hydrogen) atoms. The van der Waals surface area contributed by atoms with Gasteiger partial charge in [-0.1, -0.05) is 12.1 Å². The number of imide groups is 1. The minimum atomic E-state index is -1.21. The van der Waals surface area contributed by atoms with Gasteiger partial charge in [-0.25, -0.2) is 4.79 Å². The van der Waals surface area contributed by atoms with Gasteiger partial charge in [-0.2, -0.15) is 0 Å². The fourth-order valence-corrected chi connectivity index (χ4v) is 2.86. The first kappa shape index (κ1) is 21.6. The lowest BCUT2D eigenvalue weighted by atomic mass is 10.1. The fraction of sp³-hybridized carbons (Fsp3) is 0.524. The maximum atomic E-state index is 12.8. The Morgan fingerprint density at radius 3 is 1.79 bits per heavy atom. The summed E-state index contributed by atoms with van der Waals surface area (Å²) in [6, 6.07) is 5.16. The second-order valence-corrected chi connectivity index (χ2v) is 8.70. The van der Waals surface area contributed by atoms with Crippen molar-refractivity contribution in [1.82, 2.24) is 4.90 Å². The lowest BCUT2D eigenvalue weighted by Gasteiger charge is -2.28. The maximum Gasteiger partial charge on any atom is 0.329 e. The van der Waals surface area contributed by atoms with Crippen molar-refractivity contribution < 1.29 is 28.7 Å². The molecule has 152 valence electrons. The molecule has 7 nitrogen and oxygen atoms in total. The molecule has 1 aromatic rings. The van der Waals surface area contributed by atoms with Crippen LogP contribution in [-0.2, 0) is 19.1 Å². The van der Waals surface area contributed by atoms with Gasteiger partial charge in [0.2, 0.25) is 0 Å². The topological polar surface area (TPSA) is 90.0 Å². The fourth-order valence-electron chi connectivity index (χ4n) is 2.86. The van der Waals surface area contributed by atoms with Crippen LogP contribution in [0.15, 0.2) is 24.3 Å². The molecule has 7 heteroatoms. The number of carbonyl (C=O) groups is 4. The van der Waals surface area contributed by atoms with E-state index in [0.717, 1.165) is 4.90 Å². The van der Waals surface area contributed by atoms with Crippen molar-refractivity contribution in [1.29, 1.82) is 0 Å². The van der Waals surface area contributed by atoms with Gasteiger partial charge in [-0.3, -0.25) is 19.3 Å². The molecule has 1 aliphatic rings. The third kappa shape index (κ3) is 5.18. The molecule has 0 bridgehead atoms. The molecule has 1 heterocycles. The summed E-state index contributed by atoms with van der Waals surface area (Å²) < 4.78 is 10.7. The highest BCUT2D eigenvalue weighted by atomic mass is 16.6. The van der Waals surface area contributed by atoms with Crippen LogP contribution in [0.1, 0.15) is 75.1 Å². The van der Waals surface area contributed by atoms with Crippen molar-refractivity contribution in [2.45, 2.75) is 71.6 Å². The first-order chi connectivity index (χ1) is 12.8. The molecule has 0 radical (unpaired) electrons. The Kier molecular flexibility index (Phi) is 5.97. The molecule has 0 saturated heterocycles. The molecule has 1 aliphatic heterocycles. The van der Waals surface area contributed by atoms with E-state index in [1.54, 1.807) is 53.7 Å². The van der Waals surface area contributed by atoms with Crippen LogP contribution in [0, 0.1) is 0 Å².